The van der Waals surface area contributed by atoms with Crippen LogP contribution < -0.4 is 10.9 Å². The Morgan fingerprint density at radius 2 is 2.21 bits per heavy atom. The van der Waals surface area contributed by atoms with Crippen molar-refractivity contribution in [1.82, 2.24) is 9.78 Å². The molecule has 108 valence electrons. The van der Waals surface area contributed by atoms with E-state index in [0.717, 1.165) is 6.20 Å². The van der Waals surface area contributed by atoms with Crippen molar-refractivity contribution >= 4 is 17.3 Å². The first-order chi connectivity index (χ1) is 8.70. The van der Waals surface area contributed by atoms with Crippen molar-refractivity contribution in [2.75, 3.05) is 11.9 Å². The Balaban J connectivity index is 2.83. The number of halogens is 4. The Bertz CT molecular complexity index is 488. The van der Waals surface area contributed by atoms with Crippen LogP contribution >= 0.6 is 11.6 Å². The van der Waals surface area contributed by atoms with Gasteiger partial charge in [-0.25, -0.2) is 4.68 Å². The van der Waals surface area contributed by atoms with E-state index in [1.54, 1.807) is 6.92 Å². The van der Waals surface area contributed by atoms with Crippen molar-refractivity contribution in [3.05, 3.63) is 21.6 Å². The third-order valence-corrected chi connectivity index (χ3v) is 2.56. The molecule has 1 aromatic rings. The SMILES string of the molecule is CC(O)CCNc1cnn(CC(F)(F)F)c(=O)c1Cl. The predicted octanol–water partition coefficient (Wildman–Crippen LogP) is 1.64. The van der Waals surface area contributed by atoms with Gasteiger partial charge in [0.15, 0.2) is 0 Å². The second-order valence-electron chi connectivity index (χ2n) is 4.01. The Hall–Kier alpha value is -1.28. The number of hydrogen-bond acceptors (Lipinski definition) is 4. The van der Waals surface area contributed by atoms with Crippen molar-refractivity contribution in [1.29, 1.82) is 0 Å². The maximum atomic E-state index is 12.2. The average molecular weight is 300 g/mol. The summed E-state index contributed by atoms with van der Waals surface area (Å²) < 4.78 is 36.7. The standard InChI is InChI=1S/C10H13ClF3N3O2/c1-6(18)2-3-15-7-4-16-17(5-10(12,13)14)9(19)8(7)11/h4,6,15,18H,2-3,5H2,1H3. The highest BCUT2D eigenvalue weighted by molar-refractivity contribution is 6.32. The lowest BCUT2D eigenvalue weighted by Crippen LogP contribution is -2.31. The maximum Gasteiger partial charge on any atom is 0.408 e. The van der Waals surface area contributed by atoms with E-state index < -0.39 is 24.4 Å². The quantitative estimate of drug-likeness (QED) is 0.867. The zero-order valence-corrected chi connectivity index (χ0v) is 10.8. The smallest absolute Gasteiger partial charge is 0.393 e. The van der Waals surface area contributed by atoms with Crippen molar-refractivity contribution in [2.45, 2.75) is 32.2 Å². The van der Waals surface area contributed by atoms with Crippen molar-refractivity contribution in [2.24, 2.45) is 0 Å². The minimum Gasteiger partial charge on any atom is -0.393 e. The molecule has 0 radical (unpaired) electrons. The Labute approximate surface area is 112 Å². The molecule has 0 bridgehead atoms. The zero-order chi connectivity index (χ0) is 14.6. The lowest BCUT2D eigenvalue weighted by atomic mass is 10.3. The molecule has 9 heteroatoms. The molecule has 0 amide bonds. The van der Waals surface area contributed by atoms with Crippen LogP contribution in [0.2, 0.25) is 5.02 Å². The highest BCUT2D eigenvalue weighted by atomic mass is 35.5. The van der Waals surface area contributed by atoms with Crippen LogP contribution in [0.25, 0.3) is 0 Å². The summed E-state index contributed by atoms with van der Waals surface area (Å²) in [5, 5.41) is 14.8. The predicted molar refractivity (Wildman–Crippen MR) is 64.3 cm³/mol. The number of rotatable bonds is 5. The van der Waals surface area contributed by atoms with Gasteiger partial charge in [0.25, 0.3) is 5.56 Å². The van der Waals surface area contributed by atoms with E-state index in [9.17, 15) is 18.0 Å². The van der Waals surface area contributed by atoms with E-state index in [1.165, 1.54) is 0 Å². The fraction of sp³-hybridized carbons (Fsp3) is 0.600. The Kier molecular flexibility index (Phi) is 5.19. The fourth-order valence-corrected chi connectivity index (χ4v) is 1.50. The van der Waals surface area contributed by atoms with Gasteiger partial charge in [0.05, 0.1) is 18.0 Å². The van der Waals surface area contributed by atoms with Crippen LogP contribution in [-0.2, 0) is 6.54 Å². The molecule has 0 aliphatic heterocycles. The summed E-state index contributed by atoms with van der Waals surface area (Å²) in [6, 6.07) is 0. The molecule has 0 saturated carbocycles. The van der Waals surface area contributed by atoms with Gasteiger partial charge in [-0.2, -0.15) is 18.3 Å². The van der Waals surface area contributed by atoms with E-state index in [4.69, 9.17) is 16.7 Å². The summed E-state index contributed by atoms with van der Waals surface area (Å²) in [6.07, 6.45) is -3.62. The largest absolute Gasteiger partial charge is 0.408 e. The normalized spacial score (nSPS) is 13.4. The van der Waals surface area contributed by atoms with Crippen LogP contribution in [0.1, 0.15) is 13.3 Å². The number of nitrogens with one attached hydrogen (secondary N) is 1. The molecule has 0 saturated heterocycles. The zero-order valence-electron chi connectivity index (χ0n) is 10.0. The molecular formula is C10H13ClF3N3O2. The van der Waals surface area contributed by atoms with Gasteiger partial charge in [0, 0.05) is 6.54 Å². The summed E-state index contributed by atoms with van der Waals surface area (Å²) >= 11 is 5.68. The molecule has 0 aliphatic rings. The van der Waals surface area contributed by atoms with Gasteiger partial charge < -0.3 is 10.4 Å². The molecule has 0 spiro atoms. The third kappa shape index (κ3) is 5.07. The first-order valence-electron chi connectivity index (χ1n) is 5.45. The van der Waals surface area contributed by atoms with Gasteiger partial charge in [-0.15, -0.1) is 0 Å². The van der Waals surface area contributed by atoms with E-state index in [-0.39, 0.29) is 15.4 Å². The van der Waals surface area contributed by atoms with E-state index >= 15 is 0 Å². The number of aromatic nitrogens is 2. The first kappa shape index (κ1) is 15.8. The van der Waals surface area contributed by atoms with E-state index in [0.29, 0.717) is 13.0 Å². The highest BCUT2D eigenvalue weighted by Gasteiger charge is 2.29. The fourth-order valence-electron chi connectivity index (χ4n) is 1.29. The Morgan fingerprint density at radius 1 is 1.58 bits per heavy atom. The lowest BCUT2D eigenvalue weighted by molar-refractivity contribution is -0.143. The third-order valence-electron chi connectivity index (χ3n) is 2.19. The van der Waals surface area contributed by atoms with Crippen LogP contribution in [0.15, 0.2) is 11.0 Å². The molecule has 0 aliphatic carbocycles. The molecule has 1 atom stereocenters. The van der Waals surface area contributed by atoms with Gasteiger partial charge in [-0.1, -0.05) is 11.6 Å². The number of hydrogen-bond donors (Lipinski definition) is 2. The summed E-state index contributed by atoms with van der Waals surface area (Å²) in [5.74, 6) is 0. The number of alkyl halides is 3. The first-order valence-corrected chi connectivity index (χ1v) is 5.83. The van der Waals surface area contributed by atoms with Gasteiger partial charge in [0.1, 0.15) is 11.6 Å². The van der Waals surface area contributed by atoms with Crippen LogP contribution in [0.4, 0.5) is 18.9 Å². The molecule has 19 heavy (non-hydrogen) atoms. The molecule has 1 aromatic heterocycles. The summed E-state index contributed by atoms with van der Waals surface area (Å²) in [5.41, 5.74) is -0.869. The molecule has 0 fully saturated rings. The molecule has 5 nitrogen and oxygen atoms in total. The second-order valence-corrected chi connectivity index (χ2v) is 4.39. The van der Waals surface area contributed by atoms with Crippen LogP contribution in [0.5, 0.6) is 0 Å². The van der Waals surface area contributed by atoms with Gasteiger partial charge in [-0.05, 0) is 13.3 Å². The highest BCUT2D eigenvalue weighted by Crippen LogP contribution is 2.19. The van der Waals surface area contributed by atoms with Gasteiger partial charge in [-0.3, -0.25) is 4.79 Å². The summed E-state index contributed by atoms with van der Waals surface area (Å²) in [4.78, 5) is 11.5. The molecule has 1 rings (SSSR count). The summed E-state index contributed by atoms with van der Waals surface area (Å²) in [6.45, 7) is 0.421. The second kappa shape index (κ2) is 6.25. The minimum absolute atomic E-state index is 0.144. The monoisotopic (exact) mass is 299 g/mol. The van der Waals surface area contributed by atoms with Crippen LogP contribution in [0.3, 0.4) is 0 Å². The number of nitrogens with zero attached hydrogens (tertiary/aromatic N) is 2. The molecule has 1 heterocycles. The van der Waals surface area contributed by atoms with Crippen molar-refractivity contribution in [3.8, 4) is 0 Å². The number of anilines is 1. The number of aliphatic hydroxyl groups excluding tert-OH is 1. The Morgan fingerprint density at radius 3 is 2.74 bits per heavy atom. The average Bonchev–Trinajstić information content (AvgIpc) is 2.26. The number of aliphatic hydroxyl groups is 1. The topological polar surface area (TPSA) is 67.2 Å². The molecule has 2 N–H and O–H groups in total. The minimum atomic E-state index is -4.54. The van der Waals surface area contributed by atoms with E-state index in [2.05, 4.69) is 10.4 Å². The van der Waals surface area contributed by atoms with E-state index in [1.807, 2.05) is 0 Å². The lowest BCUT2D eigenvalue weighted by Gasteiger charge is -2.12. The van der Waals surface area contributed by atoms with Gasteiger partial charge in [0.2, 0.25) is 0 Å². The van der Waals surface area contributed by atoms with Crippen molar-refractivity contribution < 1.29 is 18.3 Å². The molecular weight excluding hydrogens is 287 g/mol. The molecule has 1 unspecified atom stereocenters. The van der Waals surface area contributed by atoms with Crippen molar-refractivity contribution in [3.63, 3.8) is 0 Å². The molecule has 0 aromatic carbocycles. The van der Waals surface area contributed by atoms with Gasteiger partial charge >= 0.3 is 6.18 Å². The van der Waals surface area contributed by atoms with Crippen LogP contribution in [-0.4, -0.2) is 33.7 Å². The maximum absolute atomic E-state index is 12.2. The van der Waals surface area contributed by atoms with Crippen LogP contribution in [0, 0.1) is 0 Å². The summed E-state index contributed by atoms with van der Waals surface area (Å²) in [7, 11) is 0.